The smallest absolute Gasteiger partial charge is 0.325 e. The normalized spacial score (nSPS) is 11.4. The molecule has 0 saturated heterocycles. The second kappa shape index (κ2) is 7.93. The fourth-order valence-corrected chi connectivity index (χ4v) is 1.91. The Balaban J connectivity index is 2.07. The summed E-state index contributed by atoms with van der Waals surface area (Å²) in [5.41, 5.74) is -1.64. The minimum Gasteiger partial charge on any atom is -0.497 e. The summed E-state index contributed by atoms with van der Waals surface area (Å²) in [6, 6.07) is 5.13. The Labute approximate surface area is 140 Å². The van der Waals surface area contributed by atoms with Gasteiger partial charge in [0.2, 0.25) is 5.91 Å². The number of ether oxygens (including phenoxy) is 1. The molecular formula is C15H16N4O6. The maximum atomic E-state index is 12.1. The molecule has 0 fully saturated rings. The Hall–Kier alpha value is -3.40. The second-order valence-corrected chi connectivity index (χ2v) is 4.91. The third kappa shape index (κ3) is 4.54. The van der Waals surface area contributed by atoms with Crippen LogP contribution in [-0.2, 0) is 4.79 Å². The number of nitrogens with one attached hydrogen (secondary N) is 4. The molecular weight excluding hydrogens is 332 g/mol. The highest BCUT2D eigenvalue weighted by atomic mass is 16.5. The summed E-state index contributed by atoms with van der Waals surface area (Å²) in [6.45, 7) is -0.686. The van der Waals surface area contributed by atoms with Gasteiger partial charge in [-0.25, -0.2) is 4.79 Å². The summed E-state index contributed by atoms with van der Waals surface area (Å²) in [5.74, 6) is -0.995. The first kappa shape index (κ1) is 17.9. The number of rotatable bonds is 6. The number of hydrogen-bond donors (Lipinski definition) is 5. The third-order valence-electron chi connectivity index (χ3n) is 3.23. The van der Waals surface area contributed by atoms with Gasteiger partial charge in [-0.15, -0.1) is 0 Å². The van der Waals surface area contributed by atoms with Crippen molar-refractivity contribution < 1.29 is 19.4 Å². The third-order valence-corrected chi connectivity index (χ3v) is 3.23. The van der Waals surface area contributed by atoms with Crippen LogP contribution in [0, 0.1) is 0 Å². The van der Waals surface area contributed by atoms with Crippen LogP contribution < -0.4 is 26.6 Å². The molecule has 1 unspecified atom stereocenters. The number of aromatic nitrogens is 2. The molecule has 2 aromatic rings. The maximum absolute atomic E-state index is 12.1. The molecule has 10 heteroatoms. The first-order valence-electron chi connectivity index (χ1n) is 7.13. The van der Waals surface area contributed by atoms with E-state index >= 15 is 0 Å². The molecule has 5 N–H and O–H groups in total. The molecule has 0 bridgehead atoms. The van der Waals surface area contributed by atoms with Crippen molar-refractivity contribution in [3.8, 4) is 5.75 Å². The molecule has 0 aliphatic heterocycles. The van der Waals surface area contributed by atoms with Gasteiger partial charge in [-0.3, -0.25) is 19.4 Å². The van der Waals surface area contributed by atoms with Crippen LogP contribution in [0.4, 0.5) is 5.69 Å². The van der Waals surface area contributed by atoms with E-state index in [1.807, 2.05) is 4.98 Å². The standard InChI is InChI=1S/C15H16N4O6/c1-25-9-4-2-8(3-5-9)17-14(23)11(7-20)18-12(21)10-6-16-15(24)19-13(10)22/h2-6,11,20H,7H2,1H3,(H,17,23)(H,18,21)(H2,16,19,22,24). The largest absolute Gasteiger partial charge is 0.497 e. The second-order valence-electron chi connectivity index (χ2n) is 4.91. The van der Waals surface area contributed by atoms with Crippen molar-refractivity contribution in [1.82, 2.24) is 15.3 Å². The zero-order valence-corrected chi connectivity index (χ0v) is 13.2. The van der Waals surface area contributed by atoms with Gasteiger partial charge >= 0.3 is 5.69 Å². The van der Waals surface area contributed by atoms with Crippen molar-refractivity contribution in [1.29, 1.82) is 0 Å². The van der Waals surface area contributed by atoms with Gasteiger partial charge in [0, 0.05) is 11.9 Å². The monoisotopic (exact) mass is 348 g/mol. The topological polar surface area (TPSA) is 153 Å². The summed E-state index contributed by atoms with van der Waals surface area (Å²) in [5, 5.41) is 14.1. The zero-order chi connectivity index (χ0) is 18.4. The lowest BCUT2D eigenvalue weighted by Crippen LogP contribution is -2.47. The lowest BCUT2D eigenvalue weighted by Gasteiger charge is -2.16. The number of carbonyl (C=O) groups is 2. The van der Waals surface area contributed by atoms with E-state index in [9.17, 15) is 24.3 Å². The molecule has 0 spiro atoms. The number of carbonyl (C=O) groups excluding carboxylic acids is 2. The van der Waals surface area contributed by atoms with Crippen molar-refractivity contribution in [2.24, 2.45) is 0 Å². The van der Waals surface area contributed by atoms with E-state index in [1.54, 1.807) is 24.3 Å². The fraction of sp³-hybridized carbons (Fsp3) is 0.200. The van der Waals surface area contributed by atoms with Crippen LogP contribution in [0.2, 0.25) is 0 Å². The fourth-order valence-electron chi connectivity index (χ4n) is 1.91. The average Bonchev–Trinajstić information content (AvgIpc) is 2.60. The van der Waals surface area contributed by atoms with Gasteiger partial charge in [0.15, 0.2) is 0 Å². The molecule has 0 aliphatic carbocycles. The van der Waals surface area contributed by atoms with Crippen LogP contribution in [0.25, 0.3) is 0 Å². The number of amides is 2. The molecule has 2 amide bonds. The number of H-pyrrole nitrogens is 2. The average molecular weight is 348 g/mol. The van der Waals surface area contributed by atoms with Crippen LogP contribution in [0.5, 0.6) is 5.75 Å². The van der Waals surface area contributed by atoms with Crippen LogP contribution in [0.3, 0.4) is 0 Å². The summed E-state index contributed by atoms with van der Waals surface area (Å²) >= 11 is 0. The molecule has 132 valence electrons. The van der Waals surface area contributed by atoms with E-state index in [1.165, 1.54) is 7.11 Å². The molecule has 0 saturated carbocycles. The summed E-state index contributed by atoms with van der Waals surface area (Å²) in [6.07, 6.45) is 0.923. The van der Waals surface area contributed by atoms with Gasteiger partial charge in [-0.1, -0.05) is 0 Å². The quantitative estimate of drug-likeness (QED) is 0.442. The Morgan fingerprint density at radius 1 is 1.24 bits per heavy atom. The van der Waals surface area contributed by atoms with Gasteiger partial charge in [0.05, 0.1) is 13.7 Å². The maximum Gasteiger partial charge on any atom is 0.325 e. The molecule has 2 rings (SSSR count). The van der Waals surface area contributed by atoms with E-state index in [0.29, 0.717) is 11.4 Å². The molecule has 1 aromatic carbocycles. The highest BCUT2D eigenvalue weighted by molar-refractivity contribution is 6.00. The van der Waals surface area contributed by atoms with Gasteiger partial charge in [-0.05, 0) is 24.3 Å². The van der Waals surface area contributed by atoms with Crippen molar-refractivity contribution >= 4 is 17.5 Å². The van der Waals surface area contributed by atoms with Crippen LogP contribution in [-0.4, -0.2) is 46.6 Å². The molecule has 0 aliphatic rings. The van der Waals surface area contributed by atoms with Gasteiger partial charge < -0.3 is 25.5 Å². The Kier molecular flexibility index (Phi) is 5.69. The minimum absolute atomic E-state index is 0.393. The van der Waals surface area contributed by atoms with Crippen LogP contribution >= 0.6 is 0 Å². The summed E-state index contributed by atoms with van der Waals surface area (Å²) in [4.78, 5) is 50.7. The summed E-state index contributed by atoms with van der Waals surface area (Å²) < 4.78 is 5.00. The number of aliphatic hydroxyl groups is 1. The zero-order valence-electron chi connectivity index (χ0n) is 13.2. The number of hydrogen-bond acceptors (Lipinski definition) is 6. The van der Waals surface area contributed by atoms with Crippen molar-refractivity contribution in [3.63, 3.8) is 0 Å². The highest BCUT2D eigenvalue weighted by Gasteiger charge is 2.22. The molecule has 25 heavy (non-hydrogen) atoms. The van der Waals surface area contributed by atoms with E-state index in [2.05, 4.69) is 15.6 Å². The number of anilines is 1. The van der Waals surface area contributed by atoms with E-state index < -0.39 is 41.3 Å². The minimum atomic E-state index is -1.29. The van der Waals surface area contributed by atoms with E-state index in [0.717, 1.165) is 6.20 Å². The lowest BCUT2D eigenvalue weighted by atomic mass is 10.2. The van der Waals surface area contributed by atoms with Crippen LogP contribution in [0.1, 0.15) is 10.4 Å². The molecule has 1 atom stereocenters. The van der Waals surface area contributed by atoms with Crippen LogP contribution in [0.15, 0.2) is 40.1 Å². The van der Waals surface area contributed by atoms with Crippen molar-refractivity contribution in [2.75, 3.05) is 19.0 Å². The Morgan fingerprint density at radius 3 is 2.48 bits per heavy atom. The van der Waals surface area contributed by atoms with Gasteiger partial charge in [0.1, 0.15) is 17.4 Å². The SMILES string of the molecule is COc1ccc(NC(=O)C(CO)NC(=O)c2c[nH]c(=O)[nH]c2=O)cc1. The first-order valence-corrected chi connectivity index (χ1v) is 7.13. The number of aromatic amines is 2. The number of methoxy groups -OCH3 is 1. The predicted molar refractivity (Wildman–Crippen MR) is 87.6 cm³/mol. The Morgan fingerprint density at radius 2 is 1.92 bits per heavy atom. The predicted octanol–water partition coefficient (Wildman–Crippen LogP) is -1.20. The highest BCUT2D eigenvalue weighted by Crippen LogP contribution is 2.15. The van der Waals surface area contributed by atoms with Gasteiger partial charge in [0.25, 0.3) is 11.5 Å². The van der Waals surface area contributed by atoms with Gasteiger partial charge in [-0.2, -0.15) is 0 Å². The molecule has 10 nitrogen and oxygen atoms in total. The van der Waals surface area contributed by atoms with Crippen molar-refractivity contribution in [2.45, 2.75) is 6.04 Å². The van der Waals surface area contributed by atoms with E-state index in [4.69, 9.17) is 4.74 Å². The van der Waals surface area contributed by atoms with Crippen molar-refractivity contribution in [3.05, 3.63) is 56.9 Å². The molecule has 0 radical (unpaired) electrons. The molecule has 1 heterocycles. The molecule has 1 aromatic heterocycles. The van der Waals surface area contributed by atoms with E-state index in [-0.39, 0.29) is 0 Å². The lowest BCUT2D eigenvalue weighted by molar-refractivity contribution is -0.118. The number of benzene rings is 1. The summed E-state index contributed by atoms with van der Waals surface area (Å²) in [7, 11) is 1.50. The first-order chi connectivity index (χ1) is 11.9. The Bertz CT molecular complexity index is 871. The number of aliphatic hydroxyl groups excluding tert-OH is 1.